The summed E-state index contributed by atoms with van der Waals surface area (Å²) in [5.41, 5.74) is 5.70. The molecule has 0 spiro atoms. The number of carbonyl (C=O) groups is 1. The van der Waals surface area contributed by atoms with Gasteiger partial charge >= 0.3 is 5.97 Å². The third-order valence-electron chi connectivity index (χ3n) is 5.04. The third-order valence-corrected chi connectivity index (χ3v) is 5.04. The molecule has 0 aromatic carbocycles. The molecule has 5 nitrogen and oxygen atoms in total. The summed E-state index contributed by atoms with van der Waals surface area (Å²) in [4.78, 5) is 15.6. The van der Waals surface area contributed by atoms with Gasteiger partial charge in [0.25, 0.3) is 0 Å². The van der Waals surface area contributed by atoms with E-state index in [1.165, 1.54) is 64.2 Å². The Morgan fingerprint density at radius 1 is 1.04 bits per heavy atom. The van der Waals surface area contributed by atoms with Crippen molar-refractivity contribution in [3.8, 4) is 0 Å². The number of aliphatic imine (C=N–C) groups is 1. The van der Waals surface area contributed by atoms with Crippen molar-refractivity contribution < 1.29 is 14.4 Å². The van der Waals surface area contributed by atoms with Gasteiger partial charge in [-0.15, -0.1) is 0 Å². The maximum absolute atomic E-state index is 11.2. The van der Waals surface area contributed by atoms with Crippen molar-refractivity contribution in [1.29, 1.82) is 0 Å². The Hall–Kier alpha value is -1.20. The van der Waals surface area contributed by atoms with Gasteiger partial charge in [-0.1, -0.05) is 71.1 Å². The van der Waals surface area contributed by atoms with Crippen LogP contribution in [0, 0.1) is 0 Å². The Kier molecular flexibility index (Phi) is 11.4. The summed E-state index contributed by atoms with van der Waals surface area (Å²) in [6.45, 7) is 3.38. The number of unbranched alkanes of at least 4 members (excludes halogenated alkanes) is 10. The van der Waals surface area contributed by atoms with Crippen molar-refractivity contribution in [2.75, 3.05) is 19.6 Å². The van der Waals surface area contributed by atoms with Crippen molar-refractivity contribution >= 4 is 11.8 Å². The van der Waals surface area contributed by atoms with Gasteiger partial charge in [-0.3, -0.25) is 0 Å². The van der Waals surface area contributed by atoms with E-state index in [1.807, 2.05) is 6.20 Å². The lowest BCUT2D eigenvalue weighted by atomic mass is 10.0. The molecule has 1 aliphatic rings. The van der Waals surface area contributed by atoms with E-state index in [9.17, 15) is 9.90 Å². The van der Waals surface area contributed by atoms with E-state index >= 15 is 0 Å². The largest absolute Gasteiger partial charge is 0.477 e. The molecule has 1 rings (SSSR count). The van der Waals surface area contributed by atoms with Crippen LogP contribution in [0.3, 0.4) is 0 Å². The minimum absolute atomic E-state index is 0.0462. The first-order chi connectivity index (χ1) is 12.1. The molecule has 25 heavy (non-hydrogen) atoms. The Balaban J connectivity index is 2.13. The SMILES string of the molecule is CCCCCCCCCCCCCC1=NC=C[N+]1(CCN)CC(=O)O. The Bertz CT molecular complexity index is 435. The quantitative estimate of drug-likeness (QED) is 0.319. The summed E-state index contributed by atoms with van der Waals surface area (Å²) >= 11 is 0. The summed E-state index contributed by atoms with van der Waals surface area (Å²) in [7, 11) is 0. The number of nitrogens with zero attached hydrogens (tertiary/aromatic N) is 2. The Labute approximate surface area is 153 Å². The van der Waals surface area contributed by atoms with Gasteiger partial charge in [-0.05, 0) is 6.42 Å². The highest BCUT2D eigenvalue weighted by Crippen LogP contribution is 2.21. The van der Waals surface area contributed by atoms with Gasteiger partial charge < -0.3 is 10.8 Å². The highest BCUT2D eigenvalue weighted by Gasteiger charge is 2.36. The third kappa shape index (κ3) is 8.63. The highest BCUT2D eigenvalue weighted by molar-refractivity contribution is 5.81. The molecule has 0 aromatic rings. The second-order valence-corrected chi connectivity index (χ2v) is 7.23. The zero-order valence-electron chi connectivity index (χ0n) is 16.1. The molecule has 0 fully saturated rings. The maximum Gasteiger partial charge on any atom is 0.360 e. The summed E-state index contributed by atoms with van der Waals surface area (Å²) < 4.78 is 0.309. The van der Waals surface area contributed by atoms with E-state index in [0.717, 1.165) is 18.7 Å². The molecule has 0 aliphatic carbocycles. The zero-order valence-corrected chi connectivity index (χ0v) is 16.1. The first-order valence-electron chi connectivity index (χ1n) is 10.2. The number of nitrogens with two attached hydrogens (primary N) is 1. The monoisotopic (exact) mass is 352 g/mol. The molecule has 3 N–H and O–H groups in total. The van der Waals surface area contributed by atoms with E-state index in [2.05, 4.69) is 11.9 Å². The standard InChI is InChI=1S/C20H37N3O2/c1-2-3-4-5-6-7-8-9-10-11-12-13-19-22-15-17-23(19,16-14-21)18-20(24)25/h15,17H,2-14,16,18,21H2,1H3/p+1. The predicted molar refractivity (Wildman–Crippen MR) is 104 cm³/mol. The van der Waals surface area contributed by atoms with Crippen LogP contribution in [-0.2, 0) is 4.79 Å². The number of quaternary nitrogens is 1. The lowest BCUT2D eigenvalue weighted by molar-refractivity contribution is -0.778. The molecule has 0 saturated carbocycles. The van der Waals surface area contributed by atoms with Crippen molar-refractivity contribution in [3.63, 3.8) is 0 Å². The van der Waals surface area contributed by atoms with E-state index in [4.69, 9.17) is 5.73 Å². The van der Waals surface area contributed by atoms with Crippen LogP contribution in [0.1, 0.15) is 84.0 Å². The number of aliphatic carboxylic acids is 1. The van der Waals surface area contributed by atoms with Crippen LogP contribution in [0.4, 0.5) is 0 Å². The molecule has 0 bridgehead atoms. The molecule has 0 aromatic heterocycles. The van der Waals surface area contributed by atoms with Gasteiger partial charge in [0.05, 0.1) is 6.20 Å². The van der Waals surface area contributed by atoms with E-state index in [-0.39, 0.29) is 6.54 Å². The minimum atomic E-state index is -0.799. The molecule has 144 valence electrons. The zero-order chi connectivity index (χ0) is 18.4. The van der Waals surface area contributed by atoms with Crippen LogP contribution in [0.25, 0.3) is 0 Å². The van der Waals surface area contributed by atoms with Gasteiger partial charge in [0, 0.05) is 13.0 Å². The van der Waals surface area contributed by atoms with Gasteiger partial charge in [0.15, 0.2) is 6.54 Å². The second-order valence-electron chi connectivity index (χ2n) is 7.23. The van der Waals surface area contributed by atoms with Crippen LogP contribution in [0.2, 0.25) is 0 Å². The number of carboxylic acids is 1. The summed E-state index contributed by atoms with van der Waals surface area (Å²) in [5, 5.41) is 9.20. The van der Waals surface area contributed by atoms with E-state index in [0.29, 0.717) is 17.6 Å². The van der Waals surface area contributed by atoms with Gasteiger partial charge in [0.1, 0.15) is 12.7 Å². The Morgan fingerprint density at radius 3 is 2.12 bits per heavy atom. The van der Waals surface area contributed by atoms with Crippen molar-refractivity contribution in [1.82, 2.24) is 0 Å². The van der Waals surface area contributed by atoms with Crippen LogP contribution >= 0.6 is 0 Å². The summed E-state index contributed by atoms with van der Waals surface area (Å²) in [5.74, 6) is 0.162. The highest BCUT2D eigenvalue weighted by atomic mass is 16.4. The average molecular weight is 353 g/mol. The first kappa shape index (κ1) is 21.8. The van der Waals surface area contributed by atoms with Crippen LogP contribution < -0.4 is 5.73 Å². The lowest BCUT2D eigenvalue weighted by Gasteiger charge is -2.30. The molecule has 5 heteroatoms. The van der Waals surface area contributed by atoms with Crippen LogP contribution in [-0.4, -0.2) is 41.0 Å². The van der Waals surface area contributed by atoms with Gasteiger partial charge in [-0.25, -0.2) is 14.3 Å². The maximum atomic E-state index is 11.2. The van der Waals surface area contributed by atoms with E-state index < -0.39 is 5.97 Å². The average Bonchev–Trinajstić information content (AvgIpc) is 2.94. The van der Waals surface area contributed by atoms with E-state index in [1.54, 1.807) is 6.20 Å². The fraction of sp³-hybridized carbons (Fsp3) is 0.800. The van der Waals surface area contributed by atoms with Crippen LogP contribution in [0.5, 0.6) is 0 Å². The normalized spacial score (nSPS) is 19.4. The molecule has 1 unspecified atom stereocenters. The number of hydrogen-bond donors (Lipinski definition) is 2. The molecular weight excluding hydrogens is 314 g/mol. The minimum Gasteiger partial charge on any atom is -0.477 e. The number of rotatable bonds is 16. The Morgan fingerprint density at radius 2 is 1.60 bits per heavy atom. The topological polar surface area (TPSA) is 75.7 Å². The fourth-order valence-electron chi connectivity index (χ4n) is 3.58. The van der Waals surface area contributed by atoms with Crippen molar-refractivity contribution in [2.24, 2.45) is 10.7 Å². The molecule has 1 heterocycles. The summed E-state index contributed by atoms with van der Waals surface area (Å²) in [6, 6.07) is 0. The second kappa shape index (κ2) is 13.1. The van der Waals surface area contributed by atoms with Crippen LogP contribution in [0.15, 0.2) is 17.4 Å². The lowest BCUT2D eigenvalue weighted by Crippen LogP contribution is -2.52. The van der Waals surface area contributed by atoms with Gasteiger partial charge in [0.2, 0.25) is 5.84 Å². The number of amidine groups is 1. The van der Waals surface area contributed by atoms with Gasteiger partial charge in [-0.2, -0.15) is 0 Å². The number of carboxylic acid groups (broad SMARTS) is 1. The molecule has 0 saturated heterocycles. The molecule has 0 amide bonds. The molecule has 0 radical (unpaired) electrons. The first-order valence-corrected chi connectivity index (χ1v) is 10.2. The van der Waals surface area contributed by atoms with Crippen molar-refractivity contribution in [3.05, 3.63) is 12.4 Å². The molecular formula is C20H38N3O2+. The predicted octanol–water partition coefficient (Wildman–Crippen LogP) is 4.43. The van der Waals surface area contributed by atoms with Crippen molar-refractivity contribution in [2.45, 2.75) is 84.0 Å². The smallest absolute Gasteiger partial charge is 0.360 e. The summed E-state index contributed by atoms with van der Waals surface area (Å²) in [6.07, 6.45) is 19.0. The molecule has 1 atom stereocenters. The fourth-order valence-corrected chi connectivity index (χ4v) is 3.58. The number of hydrogen-bond acceptors (Lipinski definition) is 3. The molecule has 1 aliphatic heterocycles.